The molecule has 0 bridgehead atoms. The molecule has 1 amide bonds. The van der Waals surface area contributed by atoms with E-state index in [2.05, 4.69) is 0 Å². The Morgan fingerprint density at radius 1 is 1.55 bits per heavy atom. The third-order valence-corrected chi connectivity index (χ3v) is 0.874. The zero-order chi connectivity index (χ0) is 8.91. The summed E-state index contributed by atoms with van der Waals surface area (Å²) in [6.07, 6.45) is -1.80. The maximum absolute atomic E-state index is 11.4. The molecular formula is C6H8F3NO. The quantitative estimate of drug-likeness (QED) is 0.616. The largest absolute Gasteiger partial charge is 0.471 e. The van der Waals surface area contributed by atoms with Gasteiger partial charge in [0.2, 0.25) is 0 Å². The van der Waals surface area contributed by atoms with Gasteiger partial charge in [-0.2, -0.15) is 13.2 Å². The molecule has 0 aliphatic rings. The molecule has 11 heavy (non-hydrogen) atoms. The highest BCUT2D eigenvalue weighted by atomic mass is 19.4. The lowest BCUT2D eigenvalue weighted by molar-refractivity contribution is -0.173. The molecule has 0 rings (SSSR count). The first-order valence-electron chi connectivity index (χ1n) is 2.94. The van der Waals surface area contributed by atoms with Gasteiger partial charge in [0.1, 0.15) is 0 Å². The molecule has 0 heterocycles. The number of carbonyl (C=O) groups is 1. The number of hydrogen-bond donors (Lipinski definition) is 1. The van der Waals surface area contributed by atoms with E-state index >= 15 is 0 Å². The fourth-order valence-electron chi connectivity index (χ4n) is 0.370. The lowest BCUT2D eigenvalue weighted by Crippen LogP contribution is -2.36. The summed E-state index contributed by atoms with van der Waals surface area (Å²) in [5.74, 6) is -1.91. The molecule has 0 aromatic heterocycles. The average molecular weight is 167 g/mol. The van der Waals surface area contributed by atoms with E-state index in [4.69, 9.17) is 0 Å². The fraction of sp³-hybridized carbons (Fsp3) is 0.500. The minimum Gasteiger partial charge on any atom is -0.345 e. The highest BCUT2D eigenvalue weighted by Crippen LogP contribution is 2.13. The van der Waals surface area contributed by atoms with Gasteiger partial charge >= 0.3 is 12.1 Å². The topological polar surface area (TPSA) is 29.1 Å². The van der Waals surface area contributed by atoms with E-state index in [9.17, 15) is 18.0 Å². The molecule has 0 saturated carbocycles. The monoisotopic (exact) mass is 167 g/mol. The lowest BCUT2D eigenvalue weighted by Gasteiger charge is -2.04. The molecule has 2 nitrogen and oxygen atoms in total. The van der Waals surface area contributed by atoms with Crippen LogP contribution in [0.25, 0.3) is 0 Å². The third kappa shape index (κ3) is 4.41. The molecule has 0 fully saturated rings. The number of rotatable bonds is 2. The third-order valence-electron chi connectivity index (χ3n) is 0.874. The van der Waals surface area contributed by atoms with Gasteiger partial charge in [0, 0.05) is 6.54 Å². The van der Waals surface area contributed by atoms with E-state index < -0.39 is 12.1 Å². The van der Waals surface area contributed by atoms with Crippen LogP contribution in [-0.4, -0.2) is 18.6 Å². The van der Waals surface area contributed by atoms with Gasteiger partial charge in [-0.3, -0.25) is 4.79 Å². The molecule has 1 N–H and O–H groups in total. The van der Waals surface area contributed by atoms with Gasteiger partial charge in [-0.25, -0.2) is 0 Å². The average Bonchev–Trinajstić information content (AvgIpc) is 1.86. The molecule has 0 spiro atoms. The van der Waals surface area contributed by atoms with E-state index in [1.54, 1.807) is 18.3 Å². The first kappa shape index (κ1) is 10.0. The summed E-state index contributed by atoms with van der Waals surface area (Å²) in [5.41, 5.74) is 0. The van der Waals surface area contributed by atoms with Crippen LogP contribution >= 0.6 is 0 Å². The Balaban J connectivity index is 3.71. The minimum absolute atomic E-state index is 0.0884. The molecule has 0 saturated heterocycles. The van der Waals surface area contributed by atoms with Crippen molar-refractivity contribution < 1.29 is 18.0 Å². The first-order valence-corrected chi connectivity index (χ1v) is 2.94. The van der Waals surface area contributed by atoms with E-state index in [0.717, 1.165) is 0 Å². The number of allylic oxidation sites excluding steroid dienone is 1. The predicted molar refractivity (Wildman–Crippen MR) is 33.9 cm³/mol. The van der Waals surface area contributed by atoms with Gasteiger partial charge in [0.25, 0.3) is 0 Å². The Morgan fingerprint density at radius 2 is 2.09 bits per heavy atom. The fourth-order valence-corrected chi connectivity index (χ4v) is 0.370. The smallest absolute Gasteiger partial charge is 0.345 e. The Hall–Kier alpha value is -1.00. The SMILES string of the molecule is C/C=C\CNC(=O)C(F)(F)F. The van der Waals surface area contributed by atoms with E-state index in [1.165, 1.54) is 6.08 Å². The van der Waals surface area contributed by atoms with Gasteiger partial charge in [-0.05, 0) is 6.92 Å². The molecule has 0 aliphatic carbocycles. The molecule has 0 aromatic carbocycles. The van der Waals surface area contributed by atoms with Gasteiger partial charge in [-0.15, -0.1) is 0 Å². The Kier molecular flexibility index (Phi) is 3.64. The number of nitrogens with one attached hydrogen (secondary N) is 1. The van der Waals surface area contributed by atoms with Crippen LogP contribution in [-0.2, 0) is 4.79 Å². The van der Waals surface area contributed by atoms with E-state index in [0.29, 0.717) is 0 Å². The van der Waals surface area contributed by atoms with Crippen molar-refractivity contribution in [1.29, 1.82) is 0 Å². The zero-order valence-electron chi connectivity index (χ0n) is 5.90. The highest BCUT2D eigenvalue weighted by molar-refractivity contribution is 5.81. The maximum Gasteiger partial charge on any atom is 0.471 e. The Bertz CT molecular complexity index is 162. The van der Waals surface area contributed by atoms with Gasteiger partial charge in [0.05, 0.1) is 0 Å². The predicted octanol–water partition coefficient (Wildman–Crippen LogP) is 1.24. The van der Waals surface area contributed by atoms with Crippen molar-refractivity contribution in [2.75, 3.05) is 6.54 Å². The highest BCUT2D eigenvalue weighted by Gasteiger charge is 2.37. The molecular weight excluding hydrogens is 159 g/mol. The second-order valence-electron chi connectivity index (χ2n) is 1.78. The van der Waals surface area contributed by atoms with E-state index in [-0.39, 0.29) is 6.54 Å². The number of hydrogen-bond acceptors (Lipinski definition) is 1. The van der Waals surface area contributed by atoms with Crippen LogP contribution in [0.15, 0.2) is 12.2 Å². The standard InChI is InChI=1S/C6H8F3NO/c1-2-3-4-10-5(11)6(7,8)9/h2-3H,4H2,1H3,(H,10,11)/b3-2-. The number of halogens is 3. The summed E-state index contributed by atoms with van der Waals surface area (Å²) in [6, 6.07) is 0. The lowest BCUT2D eigenvalue weighted by atomic mass is 10.5. The van der Waals surface area contributed by atoms with E-state index in [1.807, 2.05) is 0 Å². The molecule has 0 radical (unpaired) electrons. The molecule has 0 atom stereocenters. The van der Waals surface area contributed by atoms with Crippen LogP contribution < -0.4 is 5.32 Å². The Morgan fingerprint density at radius 3 is 2.45 bits per heavy atom. The zero-order valence-corrected chi connectivity index (χ0v) is 5.90. The van der Waals surface area contributed by atoms with Crippen molar-refractivity contribution in [1.82, 2.24) is 5.32 Å². The molecule has 64 valence electrons. The van der Waals surface area contributed by atoms with Gasteiger partial charge < -0.3 is 5.32 Å². The summed E-state index contributed by atoms with van der Waals surface area (Å²) in [5, 5.41) is 1.67. The summed E-state index contributed by atoms with van der Waals surface area (Å²) < 4.78 is 34.3. The number of alkyl halides is 3. The normalized spacial score (nSPS) is 12.0. The van der Waals surface area contributed by atoms with Crippen LogP contribution in [0, 0.1) is 0 Å². The van der Waals surface area contributed by atoms with Crippen LogP contribution in [0.3, 0.4) is 0 Å². The second-order valence-corrected chi connectivity index (χ2v) is 1.78. The van der Waals surface area contributed by atoms with Crippen LogP contribution in [0.2, 0.25) is 0 Å². The van der Waals surface area contributed by atoms with Gasteiger partial charge in [0.15, 0.2) is 0 Å². The van der Waals surface area contributed by atoms with Crippen molar-refractivity contribution in [3.8, 4) is 0 Å². The van der Waals surface area contributed by atoms with Crippen LogP contribution in [0.4, 0.5) is 13.2 Å². The summed E-state index contributed by atoms with van der Waals surface area (Å²) >= 11 is 0. The molecule has 0 aliphatic heterocycles. The summed E-state index contributed by atoms with van der Waals surface area (Å²) in [7, 11) is 0. The van der Waals surface area contributed by atoms with Crippen molar-refractivity contribution in [2.45, 2.75) is 13.1 Å². The number of amides is 1. The summed E-state index contributed by atoms with van der Waals surface area (Å²) in [6.45, 7) is 1.56. The molecule has 5 heteroatoms. The van der Waals surface area contributed by atoms with Crippen LogP contribution in [0.1, 0.15) is 6.92 Å². The number of carbonyl (C=O) groups excluding carboxylic acids is 1. The van der Waals surface area contributed by atoms with Crippen LogP contribution in [0.5, 0.6) is 0 Å². The van der Waals surface area contributed by atoms with Crippen molar-refractivity contribution in [3.63, 3.8) is 0 Å². The maximum atomic E-state index is 11.4. The minimum atomic E-state index is -4.78. The van der Waals surface area contributed by atoms with Crippen molar-refractivity contribution in [2.24, 2.45) is 0 Å². The first-order chi connectivity index (χ1) is 4.98. The Labute approximate surface area is 62.1 Å². The van der Waals surface area contributed by atoms with Crippen molar-refractivity contribution in [3.05, 3.63) is 12.2 Å². The molecule has 0 aromatic rings. The van der Waals surface area contributed by atoms with Gasteiger partial charge in [-0.1, -0.05) is 12.2 Å². The molecule has 0 unspecified atom stereocenters. The van der Waals surface area contributed by atoms with Crippen molar-refractivity contribution >= 4 is 5.91 Å². The summed E-state index contributed by atoms with van der Waals surface area (Å²) in [4.78, 5) is 10.1. The second kappa shape index (κ2) is 4.00.